The fourth-order valence-electron chi connectivity index (χ4n) is 2.87. The highest BCUT2D eigenvalue weighted by atomic mass is 32.1. The number of hydrogen-bond donors (Lipinski definition) is 2. The van der Waals surface area contributed by atoms with Gasteiger partial charge in [-0.2, -0.15) is 0 Å². The van der Waals surface area contributed by atoms with Crippen LogP contribution in [0.1, 0.15) is 12.5 Å². The van der Waals surface area contributed by atoms with E-state index in [-0.39, 0.29) is 18.2 Å². The zero-order valence-electron chi connectivity index (χ0n) is 14.1. The normalized spacial score (nSPS) is 13.1. The molecule has 26 heavy (non-hydrogen) atoms. The summed E-state index contributed by atoms with van der Waals surface area (Å²) in [5.74, 6) is 2.24. The molecule has 5 nitrogen and oxygen atoms in total. The first-order chi connectivity index (χ1) is 12.6. The first kappa shape index (κ1) is 16.5. The molecular weight excluding hydrogens is 350 g/mol. The molecule has 1 amide bonds. The van der Waals surface area contributed by atoms with Gasteiger partial charge in [0.1, 0.15) is 11.5 Å². The molecule has 2 aromatic carbocycles. The van der Waals surface area contributed by atoms with E-state index >= 15 is 0 Å². The van der Waals surface area contributed by atoms with Crippen LogP contribution < -0.4 is 14.8 Å². The number of ether oxygens (including phenoxy) is 2. The fraction of sp³-hybridized carbons (Fsp3) is 0.150. The maximum absolute atomic E-state index is 11.4. The highest BCUT2D eigenvalue weighted by Gasteiger charge is 2.26. The van der Waals surface area contributed by atoms with Crippen molar-refractivity contribution >= 4 is 27.3 Å². The summed E-state index contributed by atoms with van der Waals surface area (Å²) >= 11 is 1.44. The Bertz CT molecular complexity index is 1010. The van der Waals surface area contributed by atoms with Gasteiger partial charge in [-0.05, 0) is 17.7 Å². The molecule has 1 aliphatic heterocycles. The number of rotatable bonds is 4. The van der Waals surface area contributed by atoms with Crippen molar-refractivity contribution in [3.63, 3.8) is 0 Å². The Hall–Kier alpha value is -2.99. The summed E-state index contributed by atoms with van der Waals surface area (Å²) in [7, 11) is 0. The lowest BCUT2D eigenvalue weighted by molar-refractivity contribution is -0.118. The van der Waals surface area contributed by atoms with Gasteiger partial charge in [-0.25, -0.2) is 0 Å². The van der Waals surface area contributed by atoms with E-state index in [9.17, 15) is 9.90 Å². The molecule has 0 aliphatic carbocycles. The van der Waals surface area contributed by atoms with Gasteiger partial charge in [-0.15, -0.1) is 11.3 Å². The number of hydrogen-bond acceptors (Lipinski definition) is 5. The molecule has 0 atom stereocenters. The third-order valence-electron chi connectivity index (χ3n) is 4.11. The van der Waals surface area contributed by atoms with Crippen LogP contribution in [-0.4, -0.2) is 17.6 Å². The van der Waals surface area contributed by atoms with E-state index in [0.29, 0.717) is 34.8 Å². The standard InChI is InChI=1S/C20H17NO4S/c1-12(22)21-10-17-16(9-13-5-3-2-4-6-13)24-15-7-8-18-19(20(15)25-17)14(23)11-26-18/h2-8,11,23H,9-10H2,1H3,(H,21,22). The minimum Gasteiger partial charge on any atom is -0.506 e. The predicted molar refractivity (Wildman–Crippen MR) is 101 cm³/mol. The summed E-state index contributed by atoms with van der Waals surface area (Å²) in [5.41, 5.74) is 1.08. The number of aromatic hydroxyl groups is 1. The minimum absolute atomic E-state index is 0.150. The van der Waals surface area contributed by atoms with Crippen molar-refractivity contribution in [1.82, 2.24) is 5.32 Å². The molecule has 132 valence electrons. The quantitative estimate of drug-likeness (QED) is 0.732. The third-order valence-corrected chi connectivity index (χ3v) is 5.05. The second kappa shape index (κ2) is 6.72. The Morgan fingerprint density at radius 1 is 1.12 bits per heavy atom. The van der Waals surface area contributed by atoms with E-state index in [0.717, 1.165) is 10.3 Å². The summed E-state index contributed by atoms with van der Waals surface area (Å²) in [4.78, 5) is 11.4. The zero-order valence-corrected chi connectivity index (χ0v) is 14.9. The molecule has 3 aromatic rings. The van der Waals surface area contributed by atoms with Crippen molar-refractivity contribution in [2.24, 2.45) is 0 Å². The Morgan fingerprint density at radius 3 is 2.69 bits per heavy atom. The third kappa shape index (κ3) is 3.11. The number of benzene rings is 2. The smallest absolute Gasteiger partial charge is 0.217 e. The number of amides is 1. The van der Waals surface area contributed by atoms with Crippen LogP contribution in [0.3, 0.4) is 0 Å². The average molecular weight is 367 g/mol. The summed E-state index contributed by atoms with van der Waals surface area (Å²) in [6.07, 6.45) is 0.544. The van der Waals surface area contributed by atoms with Crippen molar-refractivity contribution in [1.29, 1.82) is 0 Å². The largest absolute Gasteiger partial charge is 0.506 e. The number of fused-ring (bicyclic) bond motifs is 3. The molecule has 0 bridgehead atoms. The van der Waals surface area contributed by atoms with Crippen LogP contribution in [0.15, 0.2) is 59.4 Å². The van der Waals surface area contributed by atoms with Gasteiger partial charge in [0.05, 0.1) is 11.9 Å². The molecule has 4 rings (SSSR count). The highest BCUT2D eigenvalue weighted by molar-refractivity contribution is 7.17. The lowest BCUT2D eigenvalue weighted by Crippen LogP contribution is -2.28. The van der Waals surface area contributed by atoms with Crippen molar-refractivity contribution in [3.8, 4) is 17.2 Å². The SMILES string of the molecule is CC(=O)NCC1=C(Cc2ccccc2)Oc2ccc3scc(O)c3c2O1. The lowest BCUT2D eigenvalue weighted by atomic mass is 10.1. The molecular formula is C20H17NO4S. The second-order valence-corrected chi connectivity index (χ2v) is 6.92. The van der Waals surface area contributed by atoms with Crippen LogP contribution in [-0.2, 0) is 11.2 Å². The molecule has 1 aliphatic rings. The van der Waals surface area contributed by atoms with E-state index < -0.39 is 0 Å². The van der Waals surface area contributed by atoms with Crippen LogP contribution in [0.25, 0.3) is 10.1 Å². The molecule has 0 saturated heterocycles. The van der Waals surface area contributed by atoms with E-state index in [1.165, 1.54) is 18.3 Å². The molecule has 0 spiro atoms. The summed E-state index contributed by atoms with van der Waals surface area (Å²) in [6.45, 7) is 1.68. The van der Waals surface area contributed by atoms with Gasteiger partial charge in [0.15, 0.2) is 17.3 Å². The highest BCUT2D eigenvalue weighted by Crippen LogP contribution is 2.47. The maximum atomic E-state index is 11.4. The zero-order chi connectivity index (χ0) is 18.1. The lowest BCUT2D eigenvalue weighted by Gasteiger charge is -2.24. The Kier molecular flexibility index (Phi) is 4.26. The van der Waals surface area contributed by atoms with Crippen LogP contribution in [0.5, 0.6) is 17.2 Å². The summed E-state index contributed by atoms with van der Waals surface area (Å²) < 4.78 is 13.1. The Balaban J connectivity index is 1.74. The maximum Gasteiger partial charge on any atom is 0.217 e. The van der Waals surface area contributed by atoms with Gasteiger partial charge in [-0.3, -0.25) is 4.79 Å². The van der Waals surface area contributed by atoms with E-state index in [1.807, 2.05) is 42.5 Å². The average Bonchev–Trinajstić information content (AvgIpc) is 3.02. The fourth-order valence-corrected chi connectivity index (χ4v) is 3.69. The topological polar surface area (TPSA) is 67.8 Å². The van der Waals surface area contributed by atoms with Gasteiger partial charge < -0.3 is 19.9 Å². The number of thiophene rings is 1. The van der Waals surface area contributed by atoms with Crippen LogP contribution in [0, 0.1) is 0 Å². The molecule has 0 unspecified atom stereocenters. The van der Waals surface area contributed by atoms with Crippen LogP contribution in [0.4, 0.5) is 0 Å². The molecule has 0 saturated carbocycles. The number of carbonyl (C=O) groups is 1. The van der Waals surface area contributed by atoms with Gasteiger partial charge in [-0.1, -0.05) is 30.3 Å². The molecule has 2 N–H and O–H groups in total. The monoisotopic (exact) mass is 367 g/mol. The van der Waals surface area contributed by atoms with Gasteiger partial charge in [0, 0.05) is 23.4 Å². The number of allylic oxidation sites excluding steroid dienone is 1. The van der Waals surface area contributed by atoms with E-state index in [2.05, 4.69) is 5.32 Å². The van der Waals surface area contributed by atoms with Crippen molar-refractivity contribution in [2.75, 3.05) is 6.54 Å². The number of carbonyl (C=O) groups excluding carboxylic acids is 1. The molecule has 0 radical (unpaired) electrons. The van der Waals surface area contributed by atoms with Crippen LogP contribution >= 0.6 is 11.3 Å². The van der Waals surface area contributed by atoms with Gasteiger partial charge >= 0.3 is 0 Å². The van der Waals surface area contributed by atoms with Crippen LogP contribution in [0.2, 0.25) is 0 Å². The van der Waals surface area contributed by atoms with Gasteiger partial charge in [0.25, 0.3) is 0 Å². The summed E-state index contributed by atoms with van der Waals surface area (Å²) in [6, 6.07) is 13.7. The minimum atomic E-state index is -0.150. The van der Waals surface area contributed by atoms with Gasteiger partial charge in [0.2, 0.25) is 5.91 Å². The predicted octanol–water partition coefficient (Wildman–Crippen LogP) is 3.97. The summed E-state index contributed by atoms with van der Waals surface area (Å²) in [5, 5.41) is 15.2. The molecule has 2 heterocycles. The Morgan fingerprint density at radius 2 is 1.92 bits per heavy atom. The van der Waals surface area contributed by atoms with E-state index in [1.54, 1.807) is 5.38 Å². The molecule has 6 heteroatoms. The first-order valence-electron chi connectivity index (χ1n) is 8.21. The first-order valence-corrected chi connectivity index (χ1v) is 9.09. The second-order valence-electron chi connectivity index (χ2n) is 6.01. The molecule has 0 fully saturated rings. The molecule has 1 aromatic heterocycles. The Labute approximate surface area is 154 Å². The van der Waals surface area contributed by atoms with Crippen molar-refractivity contribution in [3.05, 3.63) is 64.9 Å². The number of nitrogens with one attached hydrogen (secondary N) is 1. The van der Waals surface area contributed by atoms with E-state index in [4.69, 9.17) is 9.47 Å². The van der Waals surface area contributed by atoms with Crippen molar-refractivity contribution in [2.45, 2.75) is 13.3 Å². The van der Waals surface area contributed by atoms with Crippen molar-refractivity contribution < 1.29 is 19.4 Å².